The first-order chi connectivity index (χ1) is 7.79. The van der Waals surface area contributed by atoms with E-state index in [1.807, 2.05) is 12.3 Å². The highest BCUT2D eigenvalue weighted by Gasteiger charge is 2.24. The van der Waals surface area contributed by atoms with Gasteiger partial charge in [0.1, 0.15) is 5.82 Å². The topological polar surface area (TPSA) is 30.2 Å². The standard InChI is InChI=1S/C12H14ClN3/c1-2-9-10(13)5-6-16-11(7-8-3-4-8)14-15-12(9)16/h5-6,8H,2-4,7H2,1H3. The molecule has 3 nitrogen and oxygen atoms in total. The lowest BCUT2D eigenvalue weighted by atomic mass is 10.2. The summed E-state index contributed by atoms with van der Waals surface area (Å²) < 4.78 is 2.09. The molecule has 1 aliphatic rings. The summed E-state index contributed by atoms with van der Waals surface area (Å²) in [5.41, 5.74) is 2.02. The number of halogens is 1. The minimum atomic E-state index is 0.792. The monoisotopic (exact) mass is 235 g/mol. The minimum absolute atomic E-state index is 0.792. The molecule has 0 radical (unpaired) electrons. The van der Waals surface area contributed by atoms with Gasteiger partial charge in [0.25, 0.3) is 0 Å². The van der Waals surface area contributed by atoms with Crippen molar-refractivity contribution in [3.63, 3.8) is 0 Å². The Kier molecular flexibility index (Phi) is 2.36. The second-order valence-electron chi connectivity index (χ2n) is 4.45. The Labute approximate surface area is 99.4 Å². The lowest BCUT2D eigenvalue weighted by Gasteiger charge is -2.03. The van der Waals surface area contributed by atoms with E-state index in [2.05, 4.69) is 21.5 Å². The van der Waals surface area contributed by atoms with Crippen molar-refractivity contribution in [1.29, 1.82) is 0 Å². The van der Waals surface area contributed by atoms with Gasteiger partial charge in [-0.05, 0) is 31.2 Å². The first-order valence-corrected chi connectivity index (χ1v) is 6.18. The van der Waals surface area contributed by atoms with Gasteiger partial charge in [-0.1, -0.05) is 18.5 Å². The van der Waals surface area contributed by atoms with Gasteiger partial charge in [-0.2, -0.15) is 0 Å². The zero-order chi connectivity index (χ0) is 11.1. The fourth-order valence-electron chi connectivity index (χ4n) is 2.08. The van der Waals surface area contributed by atoms with Gasteiger partial charge in [-0.25, -0.2) is 0 Å². The van der Waals surface area contributed by atoms with E-state index in [1.165, 1.54) is 12.8 Å². The van der Waals surface area contributed by atoms with Crippen molar-refractivity contribution in [3.8, 4) is 0 Å². The van der Waals surface area contributed by atoms with E-state index in [4.69, 9.17) is 11.6 Å². The van der Waals surface area contributed by atoms with Gasteiger partial charge in [0.05, 0.1) is 0 Å². The van der Waals surface area contributed by atoms with Crippen molar-refractivity contribution in [2.24, 2.45) is 5.92 Å². The highest BCUT2D eigenvalue weighted by Crippen LogP contribution is 2.32. The van der Waals surface area contributed by atoms with Crippen molar-refractivity contribution >= 4 is 17.2 Å². The molecule has 0 bridgehead atoms. The second-order valence-corrected chi connectivity index (χ2v) is 4.86. The Bertz CT molecular complexity index is 528. The highest BCUT2D eigenvalue weighted by atomic mass is 35.5. The predicted molar refractivity (Wildman–Crippen MR) is 63.8 cm³/mol. The first-order valence-electron chi connectivity index (χ1n) is 5.80. The average Bonchev–Trinajstić information content (AvgIpc) is 3.00. The molecule has 1 aliphatic carbocycles. The van der Waals surface area contributed by atoms with Crippen LogP contribution in [0.2, 0.25) is 5.02 Å². The van der Waals surface area contributed by atoms with Crippen LogP contribution >= 0.6 is 11.6 Å². The van der Waals surface area contributed by atoms with Crippen LogP contribution in [0.25, 0.3) is 5.65 Å². The maximum Gasteiger partial charge on any atom is 0.165 e. The number of aryl methyl sites for hydroxylation is 1. The lowest BCUT2D eigenvalue weighted by molar-refractivity contribution is 0.757. The molecular formula is C12H14ClN3. The van der Waals surface area contributed by atoms with Crippen LogP contribution in [0.3, 0.4) is 0 Å². The van der Waals surface area contributed by atoms with Crippen LogP contribution in [-0.2, 0) is 12.8 Å². The molecule has 0 amide bonds. The van der Waals surface area contributed by atoms with E-state index in [0.717, 1.165) is 40.8 Å². The fourth-order valence-corrected chi connectivity index (χ4v) is 2.35. The molecule has 0 aromatic carbocycles. The van der Waals surface area contributed by atoms with Gasteiger partial charge in [0, 0.05) is 23.2 Å². The van der Waals surface area contributed by atoms with Gasteiger partial charge in [0.15, 0.2) is 5.65 Å². The van der Waals surface area contributed by atoms with Crippen LogP contribution in [0.15, 0.2) is 12.3 Å². The molecule has 1 fully saturated rings. The van der Waals surface area contributed by atoms with Gasteiger partial charge in [-0.15, -0.1) is 10.2 Å². The van der Waals surface area contributed by atoms with Crippen molar-refractivity contribution in [2.45, 2.75) is 32.6 Å². The molecule has 0 atom stereocenters. The molecule has 16 heavy (non-hydrogen) atoms. The third kappa shape index (κ3) is 1.59. The number of pyridine rings is 1. The Hall–Kier alpha value is -1.09. The van der Waals surface area contributed by atoms with E-state index >= 15 is 0 Å². The van der Waals surface area contributed by atoms with Gasteiger partial charge >= 0.3 is 0 Å². The number of fused-ring (bicyclic) bond motifs is 1. The zero-order valence-corrected chi connectivity index (χ0v) is 10.0. The quantitative estimate of drug-likeness (QED) is 0.819. The molecule has 0 aliphatic heterocycles. The summed E-state index contributed by atoms with van der Waals surface area (Å²) in [4.78, 5) is 0. The molecule has 0 saturated heterocycles. The van der Waals surface area contributed by atoms with Gasteiger partial charge < -0.3 is 0 Å². The second kappa shape index (κ2) is 3.74. The maximum absolute atomic E-state index is 6.15. The highest BCUT2D eigenvalue weighted by molar-refractivity contribution is 6.31. The Morgan fingerprint density at radius 1 is 1.44 bits per heavy atom. The van der Waals surface area contributed by atoms with E-state index in [9.17, 15) is 0 Å². The molecule has 2 aromatic rings. The predicted octanol–water partition coefficient (Wildman–Crippen LogP) is 2.90. The molecule has 3 rings (SSSR count). The van der Waals surface area contributed by atoms with Crippen molar-refractivity contribution < 1.29 is 0 Å². The lowest BCUT2D eigenvalue weighted by Crippen LogP contribution is -1.98. The fraction of sp³-hybridized carbons (Fsp3) is 0.500. The van der Waals surface area contributed by atoms with E-state index < -0.39 is 0 Å². The summed E-state index contributed by atoms with van der Waals surface area (Å²) >= 11 is 6.15. The molecule has 0 N–H and O–H groups in total. The zero-order valence-electron chi connectivity index (χ0n) is 9.28. The molecule has 2 heterocycles. The molecule has 4 heteroatoms. The molecule has 2 aromatic heterocycles. The molecular weight excluding hydrogens is 222 g/mol. The molecule has 84 valence electrons. The number of rotatable bonds is 3. The van der Waals surface area contributed by atoms with Crippen molar-refractivity contribution in [1.82, 2.24) is 14.6 Å². The SMILES string of the molecule is CCc1c(Cl)ccn2c(CC3CC3)nnc12. The maximum atomic E-state index is 6.15. The summed E-state index contributed by atoms with van der Waals surface area (Å²) in [6, 6.07) is 1.94. The molecule has 0 unspecified atom stereocenters. The van der Waals surface area contributed by atoms with Crippen LogP contribution in [0.5, 0.6) is 0 Å². The molecule has 1 saturated carbocycles. The van der Waals surface area contributed by atoms with Crippen LogP contribution in [0, 0.1) is 5.92 Å². The number of aromatic nitrogens is 3. The van der Waals surface area contributed by atoms with Crippen LogP contribution < -0.4 is 0 Å². The van der Waals surface area contributed by atoms with Crippen molar-refractivity contribution in [2.75, 3.05) is 0 Å². The third-order valence-corrected chi connectivity index (χ3v) is 3.57. The Balaban J connectivity index is 2.11. The Morgan fingerprint density at radius 3 is 2.94 bits per heavy atom. The largest absolute Gasteiger partial charge is 0.286 e. The Morgan fingerprint density at radius 2 is 2.25 bits per heavy atom. The number of nitrogens with zero attached hydrogens (tertiary/aromatic N) is 3. The third-order valence-electron chi connectivity index (χ3n) is 3.22. The van der Waals surface area contributed by atoms with E-state index in [-0.39, 0.29) is 0 Å². The van der Waals surface area contributed by atoms with E-state index in [0.29, 0.717) is 0 Å². The number of hydrogen-bond donors (Lipinski definition) is 0. The normalized spacial score (nSPS) is 15.9. The van der Waals surface area contributed by atoms with E-state index in [1.54, 1.807) is 0 Å². The van der Waals surface area contributed by atoms with Crippen LogP contribution in [0.1, 0.15) is 31.2 Å². The average molecular weight is 236 g/mol. The summed E-state index contributed by atoms with van der Waals surface area (Å²) in [6.45, 7) is 2.09. The van der Waals surface area contributed by atoms with Gasteiger partial charge in [-0.3, -0.25) is 4.40 Å². The van der Waals surface area contributed by atoms with Crippen LogP contribution in [-0.4, -0.2) is 14.6 Å². The smallest absolute Gasteiger partial charge is 0.165 e. The summed E-state index contributed by atoms with van der Waals surface area (Å²) in [5.74, 6) is 1.90. The summed E-state index contributed by atoms with van der Waals surface area (Å²) in [7, 11) is 0. The first kappa shape index (κ1) is 10.1. The van der Waals surface area contributed by atoms with Crippen LogP contribution in [0.4, 0.5) is 0 Å². The van der Waals surface area contributed by atoms with Gasteiger partial charge in [0.2, 0.25) is 0 Å². The summed E-state index contributed by atoms with van der Waals surface area (Å²) in [6.07, 6.45) is 6.59. The molecule has 0 spiro atoms. The summed E-state index contributed by atoms with van der Waals surface area (Å²) in [5, 5.41) is 9.33. The minimum Gasteiger partial charge on any atom is -0.286 e. The van der Waals surface area contributed by atoms with Crippen molar-refractivity contribution in [3.05, 3.63) is 28.7 Å². The number of hydrogen-bond acceptors (Lipinski definition) is 2.